The van der Waals surface area contributed by atoms with Crippen LogP contribution in [0.25, 0.3) is 11.4 Å². The van der Waals surface area contributed by atoms with Gasteiger partial charge in [-0.15, -0.1) is 0 Å². The molecule has 1 N–H and O–H groups in total. The summed E-state index contributed by atoms with van der Waals surface area (Å²) >= 11 is 0. The lowest BCUT2D eigenvalue weighted by Gasteiger charge is -2.03. The lowest BCUT2D eigenvalue weighted by atomic mass is 10.1. The van der Waals surface area contributed by atoms with Crippen molar-refractivity contribution in [3.05, 3.63) is 60.0 Å². The Morgan fingerprint density at radius 3 is 2.36 bits per heavy atom. The van der Waals surface area contributed by atoms with Crippen LogP contribution in [0.15, 0.2) is 53.1 Å². The van der Waals surface area contributed by atoms with Crippen LogP contribution in [0.2, 0.25) is 0 Å². The van der Waals surface area contributed by atoms with Crippen molar-refractivity contribution in [2.75, 3.05) is 18.1 Å². The highest BCUT2D eigenvalue weighted by atomic mass is 32.2. The number of ether oxygens (including phenoxy) is 1. The Balaban J connectivity index is 1.72. The maximum Gasteiger partial charge on any atom is 0.231 e. The van der Waals surface area contributed by atoms with E-state index in [4.69, 9.17) is 9.26 Å². The van der Waals surface area contributed by atoms with E-state index in [-0.39, 0.29) is 0 Å². The Hall–Kier alpha value is -2.87. The second kappa shape index (κ2) is 6.94. The second-order valence-corrected chi connectivity index (χ2v) is 7.24. The third kappa shape index (κ3) is 4.57. The predicted octanol–water partition coefficient (Wildman–Crippen LogP) is 2.71. The fourth-order valence-corrected chi connectivity index (χ4v) is 2.83. The third-order valence-corrected chi connectivity index (χ3v) is 4.04. The van der Waals surface area contributed by atoms with Crippen molar-refractivity contribution in [3.63, 3.8) is 0 Å². The SMILES string of the molecule is COc1ccc(Cc2nc(-c3ccc(NS(C)(=O)=O)cc3)no2)cc1. The smallest absolute Gasteiger partial charge is 0.231 e. The summed E-state index contributed by atoms with van der Waals surface area (Å²) in [5, 5.41) is 3.97. The molecule has 0 saturated heterocycles. The van der Waals surface area contributed by atoms with Crippen LogP contribution >= 0.6 is 0 Å². The Bertz CT molecular complexity index is 948. The van der Waals surface area contributed by atoms with E-state index in [1.54, 1.807) is 31.4 Å². The van der Waals surface area contributed by atoms with Crippen molar-refractivity contribution in [2.24, 2.45) is 0 Å². The van der Waals surface area contributed by atoms with Crippen LogP contribution in [-0.4, -0.2) is 31.9 Å². The van der Waals surface area contributed by atoms with Crippen molar-refractivity contribution in [1.29, 1.82) is 0 Å². The fourth-order valence-electron chi connectivity index (χ4n) is 2.26. The normalized spacial score (nSPS) is 11.3. The molecular formula is C17H17N3O4S. The topological polar surface area (TPSA) is 94.3 Å². The molecule has 3 aromatic rings. The molecule has 8 heteroatoms. The fraction of sp³-hybridized carbons (Fsp3) is 0.176. The van der Waals surface area contributed by atoms with Gasteiger partial charge in [0, 0.05) is 11.3 Å². The molecule has 2 aromatic carbocycles. The summed E-state index contributed by atoms with van der Waals surface area (Å²) in [5.74, 6) is 1.74. The van der Waals surface area contributed by atoms with Gasteiger partial charge in [0.15, 0.2) is 0 Å². The largest absolute Gasteiger partial charge is 0.497 e. The molecule has 0 radical (unpaired) electrons. The van der Waals surface area contributed by atoms with E-state index >= 15 is 0 Å². The first-order valence-corrected chi connectivity index (χ1v) is 9.36. The molecule has 0 aliphatic heterocycles. The number of sulfonamides is 1. The minimum absolute atomic E-state index is 0.453. The number of anilines is 1. The molecule has 0 amide bonds. The monoisotopic (exact) mass is 359 g/mol. The number of hydrogen-bond acceptors (Lipinski definition) is 6. The molecule has 0 spiro atoms. The van der Waals surface area contributed by atoms with Gasteiger partial charge in [0.25, 0.3) is 0 Å². The zero-order valence-corrected chi connectivity index (χ0v) is 14.6. The number of hydrogen-bond donors (Lipinski definition) is 1. The van der Waals surface area contributed by atoms with Gasteiger partial charge in [0.1, 0.15) is 5.75 Å². The Morgan fingerprint density at radius 1 is 1.08 bits per heavy atom. The van der Waals surface area contributed by atoms with Crippen molar-refractivity contribution in [1.82, 2.24) is 10.1 Å². The van der Waals surface area contributed by atoms with E-state index in [9.17, 15) is 8.42 Å². The van der Waals surface area contributed by atoms with E-state index in [1.807, 2.05) is 24.3 Å². The van der Waals surface area contributed by atoms with Gasteiger partial charge < -0.3 is 9.26 Å². The second-order valence-electron chi connectivity index (χ2n) is 5.49. The van der Waals surface area contributed by atoms with Crippen molar-refractivity contribution in [2.45, 2.75) is 6.42 Å². The lowest BCUT2D eigenvalue weighted by molar-refractivity contribution is 0.385. The minimum atomic E-state index is -3.30. The number of aromatic nitrogens is 2. The number of nitrogens with zero attached hydrogens (tertiary/aromatic N) is 2. The zero-order valence-electron chi connectivity index (χ0n) is 13.8. The van der Waals surface area contributed by atoms with Crippen LogP contribution in [0, 0.1) is 0 Å². The summed E-state index contributed by atoms with van der Waals surface area (Å²) in [4.78, 5) is 4.37. The van der Waals surface area contributed by atoms with E-state index < -0.39 is 10.0 Å². The Kier molecular flexibility index (Phi) is 4.71. The van der Waals surface area contributed by atoms with E-state index in [1.165, 1.54) is 0 Å². The van der Waals surface area contributed by atoms with E-state index in [0.717, 1.165) is 23.1 Å². The van der Waals surface area contributed by atoms with Crippen LogP contribution in [-0.2, 0) is 16.4 Å². The Morgan fingerprint density at radius 2 is 1.76 bits per heavy atom. The van der Waals surface area contributed by atoms with Gasteiger partial charge in [-0.3, -0.25) is 4.72 Å². The number of nitrogens with one attached hydrogen (secondary N) is 1. The summed E-state index contributed by atoms with van der Waals surface area (Å²) in [6.45, 7) is 0. The average Bonchev–Trinajstić information content (AvgIpc) is 3.03. The average molecular weight is 359 g/mol. The van der Waals surface area contributed by atoms with Gasteiger partial charge in [0.2, 0.25) is 21.7 Å². The molecule has 0 atom stereocenters. The van der Waals surface area contributed by atoms with Crippen LogP contribution in [0.1, 0.15) is 11.5 Å². The minimum Gasteiger partial charge on any atom is -0.497 e. The molecule has 1 heterocycles. The first-order valence-electron chi connectivity index (χ1n) is 7.47. The van der Waals surface area contributed by atoms with Crippen LogP contribution < -0.4 is 9.46 Å². The molecule has 1 aromatic heterocycles. The summed E-state index contributed by atoms with van der Waals surface area (Å²) in [6.07, 6.45) is 1.62. The summed E-state index contributed by atoms with van der Waals surface area (Å²) in [5.41, 5.74) is 2.25. The summed E-state index contributed by atoms with van der Waals surface area (Å²) < 4.78 is 35.2. The van der Waals surface area contributed by atoms with Gasteiger partial charge in [-0.1, -0.05) is 17.3 Å². The van der Waals surface area contributed by atoms with Crippen molar-refractivity contribution in [3.8, 4) is 17.1 Å². The standard InChI is InChI=1S/C17H17N3O4S/c1-23-15-9-3-12(4-10-15)11-16-18-17(19-24-16)13-5-7-14(8-6-13)20-25(2,21)22/h3-10,20H,11H2,1-2H3. The van der Waals surface area contributed by atoms with E-state index in [0.29, 0.717) is 23.8 Å². The number of methoxy groups -OCH3 is 1. The molecule has 0 aliphatic carbocycles. The molecule has 0 saturated carbocycles. The zero-order chi connectivity index (χ0) is 17.9. The molecular weight excluding hydrogens is 342 g/mol. The molecule has 25 heavy (non-hydrogen) atoms. The molecule has 0 bridgehead atoms. The number of benzene rings is 2. The number of rotatable bonds is 6. The van der Waals surface area contributed by atoms with Gasteiger partial charge in [-0.05, 0) is 42.0 Å². The summed E-state index contributed by atoms with van der Waals surface area (Å²) in [7, 11) is -1.68. The van der Waals surface area contributed by atoms with Gasteiger partial charge in [0.05, 0.1) is 19.8 Å². The maximum atomic E-state index is 11.2. The van der Waals surface area contributed by atoms with Crippen LogP contribution in [0.5, 0.6) is 5.75 Å². The Labute approximate surface area is 145 Å². The van der Waals surface area contributed by atoms with Gasteiger partial charge >= 0.3 is 0 Å². The molecule has 0 unspecified atom stereocenters. The predicted molar refractivity (Wildman–Crippen MR) is 94.0 cm³/mol. The lowest BCUT2D eigenvalue weighted by Crippen LogP contribution is -2.09. The third-order valence-electron chi connectivity index (χ3n) is 3.43. The molecule has 7 nitrogen and oxygen atoms in total. The van der Waals surface area contributed by atoms with Gasteiger partial charge in [-0.25, -0.2) is 8.42 Å². The molecule has 0 aliphatic rings. The first-order chi connectivity index (χ1) is 11.9. The van der Waals surface area contributed by atoms with Crippen molar-refractivity contribution >= 4 is 15.7 Å². The van der Waals surface area contributed by atoms with Gasteiger partial charge in [-0.2, -0.15) is 4.98 Å². The highest BCUT2D eigenvalue weighted by molar-refractivity contribution is 7.92. The highest BCUT2D eigenvalue weighted by Gasteiger charge is 2.10. The molecule has 130 valence electrons. The van der Waals surface area contributed by atoms with Crippen LogP contribution in [0.4, 0.5) is 5.69 Å². The van der Waals surface area contributed by atoms with Crippen LogP contribution in [0.3, 0.4) is 0 Å². The van der Waals surface area contributed by atoms with Crippen molar-refractivity contribution < 1.29 is 17.7 Å². The molecule has 0 fully saturated rings. The maximum absolute atomic E-state index is 11.2. The van der Waals surface area contributed by atoms with E-state index in [2.05, 4.69) is 14.9 Å². The quantitative estimate of drug-likeness (QED) is 0.727. The first kappa shape index (κ1) is 17.0. The molecule has 3 rings (SSSR count). The summed E-state index contributed by atoms with van der Waals surface area (Å²) in [6, 6.07) is 14.4. The highest BCUT2D eigenvalue weighted by Crippen LogP contribution is 2.20.